The average molecular weight is 699 g/mol. The van der Waals surface area contributed by atoms with Crippen molar-refractivity contribution in [3.63, 3.8) is 0 Å². The normalized spacial score (nSPS) is 26.2. The number of aryl methyl sites for hydroxylation is 1. The number of hydrogen-bond acceptors (Lipinski definition) is 10. The summed E-state index contributed by atoms with van der Waals surface area (Å²) in [5, 5.41) is 14.8. The second-order valence-corrected chi connectivity index (χ2v) is 15.0. The fraction of sp³-hybridized carbons (Fsp3) is 0.314. The van der Waals surface area contributed by atoms with Crippen molar-refractivity contribution in [1.82, 2.24) is 4.98 Å². The summed E-state index contributed by atoms with van der Waals surface area (Å²) >= 11 is 2.74. The summed E-state index contributed by atoms with van der Waals surface area (Å²) in [5.74, 6) is -1.56. The third-order valence-corrected chi connectivity index (χ3v) is 13.0. The molecule has 2 N–H and O–H groups in total. The topological polar surface area (TPSA) is 161 Å². The van der Waals surface area contributed by atoms with Gasteiger partial charge in [-0.2, -0.15) is 0 Å². The van der Waals surface area contributed by atoms with Gasteiger partial charge in [0, 0.05) is 33.9 Å². The summed E-state index contributed by atoms with van der Waals surface area (Å²) in [7, 11) is 1.52. The molecule has 2 bridgehead atoms. The number of methoxy groups -OCH3 is 1. The fourth-order valence-electron chi connectivity index (χ4n) is 8.41. The fourth-order valence-corrected chi connectivity index (χ4v) is 11.3. The highest BCUT2D eigenvalue weighted by Crippen LogP contribution is 2.68. The van der Waals surface area contributed by atoms with Crippen LogP contribution in [0.15, 0.2) is 76.6 Å². The number of aromatic amines is 1. The summed E-state index contributed by atoms with van der Waals surface area (Å²) in [5.41, 5.74) is 2.73. The van der Waals surface area contributed by atoms with Gasteiger partial charge < -0.3 is 19.8 Å². The number of non-ortho nitro benzene ring substituents is 1. The van der Waals surface area contributed by atoms with E-state index in [2.05, 4.69) is 10.3 Å². The second-order valence-electron chi connectivity index (χ2n) is 12.8. The molecule has 1 aromatic heterocycles. The first-order valence-corrected chi connectivity index (χ1v) is 17.5. The molecular formula is C35H30N4O8S2. The number of anilines is 2. The molecule has 2 saturated carbocycles. The number of carbonyl (C=O) groups excluding carboxylic acids is 3. The van der Waals surface area contributed by atoms with Gasteiger partial charge in [-0.25, -0.2) is 0 Å². The molecule has 8 rings (SSSR count). The number of H-pyrrole nitrogens is 1. The van der Waals surface area contributed by atoms with Crippen LogP contribution in [0.1, 0.15) is 28.3 Å². The van der Waals surface area contributed by atoms with Crippen molar-refractivity contribution in [1.29, 1.82) is 0 Å². The largest absolute Gasteiger partial charge is 0.493 e. The number of aromatic nitrogens is 1. The first-order chi connectivity index (χ1) is 23.6. The zero-order valence-electron chi connectivity index (χ0n) is 26.3. The third kappa shape index (κ3) is 5.03. The van der Waals surface area contributed by atoms with E-state index in [1.807, 2.05) is 43.3 Å². The van der Waals surface area contributed by atoms with E-state index in [-0.39, 0.29) is 63.8 Å². The number of amides is 3. The van der Waals surface area contributed by atoms with E-state index in [0.717, 1.165) is 32.4 Å². The number of carbonyl (C=O) groups is 3. The number of thioether (sulfide) groups is 1. The molecule has 4 aromatic rings. The first-order valence-electron chi connectivity index (χ1n) is 15.8. The van der Waals surface area contributed by atoms with Crippen LogP contribution in [0.4, 0.5) is 17.1 Å². The Labute approximate surface area is 288 Å². The predicted octanol–water partition coefficient (Wildman–Crippen LogP) is 5.36. The van der Waals surface area contributed by atoms with Crippen LogP contribution in [-0.4, -0.2) is 46.6 Å². The van der Waals surface area contributed by atoms with Gasteiger partial charge in [0.2, 0.25) is 11.8 Å². The molecule has 3 fully saturated rings. The van der Waals surface area contributed by atoms with Gasteiger partial charge in [-0.05, 0) is 72.6 Å². The molecule has 49 heavy (non-hydrogen) atoms. The molecule has 2 aliphatic carbocycles. The van der Waals surface area contributed by atoms with Crippen LogP contribution in [0.25, 0.3) is 0 Å². The van der Waals surface area contributed by atoms with Gasteiger partial charge in [-0.3, -0.25) is 34.2 Å². The van der Waals surface area contributed by atoms with Crippen LogP contribution in [0.2, 0.25) is 0 Å². The zero-order valence-corrected chi connectivity index (χ0v) is 27.9. The maximum Gasteiger partial charge on any atom is 0.305 e. The number of thiazole rings is 1. The minimum Gasteiger partial charge on any atom is -0.493 e. The number of hydrogen-bond donors (Lipinski definition) is 2. The van der Waals surface area contributed by atoms with Crippen LogP contribution in [0, 0.1) is 46.6 Å². The standard InChI is InChI=1S/C35H30N4O8S2/c1-16-5-3-4-6-22(16)36-25(40)15-47-23-12-7-17(13-24(23)46-2)26-27-20-14-21(30(27)48-32-31(26)49-35(43)37-32)29-28(20)33(41)38(34(29)42)18-8-10-19(11-9-18)39(44)45/h3-13,20-21,26-30H,14-15H2,1-2H3,(H,36,40)(H,37,43)/t20?,21?,26-,27?,28?,29?,30?/m1/s1. The summed E-state index contributed by atoms with van der Waals surface area (Å²) in [6.45, 7) is 1.68. The molecule has 3 amide bonds. The van der Waals surface area contributed by atoms with Crippen LogP contribution in [-0.2, 0) is 14.4 Å². The number of ether oxygens (including phenoxy) is 2. The van der Waals surface area contributed by atoms with Crippen molar-refractivity contribution in [3.8, 4) is 11.5 Å². The highest BCUT2D eigenvalue weighted by atomic mass is 32.2. The lowest BCUT2D eigenvalue weighted by Gasteiger charge is -2.43. The minimum absolute atomic E-state index is 0.0189. The van der Waals surface area contributed by atoms with Gasteiger partial charge in [0.15, 0.2) is 18.1 Å². The quantitative estimate of drug-likeness (QED) is 0.140. The summed E-state index contributed by atoms with van der Waals surface area (Å²) in [6, 6.07) is 18.5. The molecule has 3 aromatic carbocycles. The van der Waals surface area contributed by atoms with Crippen molar-refractivity contribution in [2.24, 2.45) is 29.6 Å². The van der Waals surface area contributed by atoms with Gasteiger partial charge >= 0.3 is 4.87 Å². The Kier molecular flexibility index (Phi) is 7.59. The Balaban J connectivity index is 1.09. The number of rotatable bonds is 8. The van der Waals surface area contributed by atoms with Crippen LogP contribution >= 0.6 is 23.1 Å². The van der Waals surface area contributed by atoms with E-state index < -0.39 is 16.8 Å². The molecule has 14 heteroatoms. The number of nitrogens with one attached hydrogen (secondary N) is 2. The van der Waals surface area contributed by atoms with E-state index in [1.54, 1.807) is 17.8 Å². The predicted molar refractivity (Wildman–Crippen MR) is 182 cm³/mol. The van der Waals surface area contributed by atoms with E-state index in [0.29, 0.717) is 29.3 Å². The van der Waals surface area contributed by atoms with Crippen molar-refractivity contribution in [2.45, 2.75) is 29.5 Å². The Morgan fingerprint density at radius 2 is 1.76 bits per heavy atom. The number of imide groups is 1. The molecule has 3 heterocycles. The third-order valence-electron chi connectivity index (χ3n) is 10.4. The molecule has 12 nitrogen and oxygen atoms in total. The SMILES string of the molecule is COc1cc([C@H]2c3sc(=O)[nH]c3SC3C4CC(C5C(=O)N(c6ccc([N+](=O)[O-])cc6)C(=O)C45)C32)ccc1OCC(=O)Nc1ccccc1C. The molecule has 2 aliphatic heterocycles. The van der Waals surface area contributed by atoms with Gasteiger partial charge in [-0.1, -0.05) is 35.6 Å². The number of benzene rings is 3. The number of nitro benzene ring substituents is 1. The highest BCUT2D eigenvalue weighted by Gasteiger charge is 2.69. The lowest BCUT2D eigenvalue weighted by Crippen LogP contribution is -2.42. The van der Waals surface area contributed by atoms with Crippen molar-refractivity contribution in [2.75, 3.05) is 23.9 Å². The van der Waals surface area contributed by atoms with E-state index in [9.17, 15) is 29.3 Å². The number of fused-ring (bicyclic) bond motifs is 9. The van der Waals surface area contributed by atoms with E-state index in [4.69, 9.17) is 9.47 Å². The highest BCUT2D eigenvalue weighted by molar-refractivity contribution is 8.00. The monoisotopic (exact) mass is 698 g/mol. The van der Waals surface area contributed by atoms with Crippen molar-refractivity contribution >= 4 is 57.9 Å². The summed E-state index contributed by atoms with van der Waals surface area (Å²) in [6.07, 6.45) is 0.716. The van der Waals surface area contributed by atoms with E-state index in [1.165, 1.54) is 36.3 Å². The lowest BCUT2D eigenvalue weighted by atomic mass is 9.68. The lowest BCUT2D eigenvalue weighted by molar-refractivity contribution is -0.384. The zero-order chi connectivity index (χ0) is 34.1. The summed E-state index contributed by atoms with van der Waals surface area (Å²) in [4.78, 5) is 68.9. The maximum absolute atomic E-state index is 14.0. The second kappa shape index (κ2) is 11.9. The molecule has 6 unspecified atom stereocenters. The Hall–Kier alpha value is -4.95. The Bertz CT molecular complexity index is 2100. The molecule has 0 radical (unpaired) electrons. The Morgan fingerprint density at radius 3 is 2.47 bits per heavy atom. The number of nitro groups is 1. The van der Waals surface area contributed by atoms with Gasteiger partial charge in [0.1, 0.15) is 0 Å². The molecule has 1 saturated heterocycles. The Morgan fingerprint density at radius 1 is 1.02 bits per heavy atom. The molecule has 250 valence electrons. The average Bonchev–Trinajstić information content (AvgIpc) is 3.83. The van der Waals surface area contributed by atoms with Gasteiger partial charge in [0.25, 0.3) is 11.6 Å². The van der Waals surface area contributed by atoms with Crippen molar-refractivity contribution in [3.05, 3.63) is 103 Å². The van der Waals surface area contributed by atoms with Crippen LogP contribution < -0.4 is 24.6 Å². The van der Waals surface area contributed by atoms with Gasteiger partial charge in [-0.15, -0.1) is 11.8 Å². The molecule has 0 spiro atoms. The van der Waals surface area contributed by atoms with Crippen LogP contribution in [0.5, 0.6) is 11.5 Å². The van der Waals surface area contributed by atoms with Crippen LogP contribution in [0.3, 0.4) is 0 Å². The molecular weight excluding hydrogens is 669 g/mol. The number of para-hydroxylation sites is 1. The minimum atomic E-state index is -0.523. The molecule has 7 atom stereocenters. The number of nitrogens with zero attached hydrogens (tertiary/aromatic N) is 2. The smallest absolute Gasteiger partial charge is 0.305 e. The maximum atomic E-state index is 14.0. The summed E-state index contributed by atoms with van der Waals surface area (Å²) < 4.78 is 11.6. The van der Waals surface area contributed by atoms with Crippen molar-refractivity contribution < 1.29 is 28.8 Å². The van der Waals surface area contributed by atoms with E-state index >= 15 is 0 Å². The first kappa shape index (κ1) is 31.3. The molecule has 4 aliphatic rings. The van der Waals surface area contributed by atoms with Gasteiger partial charge in [0.05, 0.1) is 34.6 Å².